The molecule has 0 aromatic heterocycles. The largest absolute Gasteiger partial charge is 0.316 e. The second kappa shape index (κ2) is 7.64. The van der Waals surface area contributed by atoms with Crippen molar-refractivity contribution in [3.63, 3.8) is 0 Å². The summed E-state index contributed by atoms with van der Waals surface area (Å²) in [5, 5.41) is 3.72. The fraction of sp³-hybridized carbons (Fsp3) is 1.00. The first-order valence-electron chi connectivity index (χ1n) is 8.67. The monoisotopic (exact) mass is 266 g/mol. The molecule has 1 atom stereocenters. The van der Waals surface area contributed by atoms with E-state index in [1.54, 1.807) is 0 Å². The van der Waals surface area contributed by atoms with Crippen molar-refractivity contribution >= 4 is 0 Å². The molecule has 1 heterocycles. The number of nitrogens with one attached hydrogen (secondary N) is 1. The van der Waals surface area contributed by atoms with Gasteiger partial charge >= 0.3 is 0 Å². The van der Waals surface area contributed by atoms with Gasteiger partial charge in [-0.15, -0.1) is 0 Å². The third-order valence-corrected chi connectivity index (χ3v) is 5.14. The van der Waals surface area contributed by atoms with E-state index in [1.807, 2.05) is 0 Å². The maximum atomic E-state index is 3.72. The molecule has 1 saturated carbocycles. The average molecular weight is 266 g/mol. The number of rotatable bonds is 6. The van der Waals surface area contributed by atoms with E-state index in [9.17, 15) is 0 Å². The summed E-state index contributed by atoms with van der Waals surface area (Å²) in [6, 6.07) is 0. The van der Waals surface area contributed by atoms with E-state index in [-0.39, 0.29) is 0 Å². The molecule has 1 aliphatic carbocycles. The average Bonchev–Trinajstić information content (AvgIpc) is 2.40. The highest BCUT2D eigenvalue weighted by molar-refractivity contribution is 4.89. The third-order valence-electron chi connectivity index (χ3n) is 5.14. The third kappa shape index (κ3) is 4.75. The van der Waals surface area contributed by atoms with Gasteiger partial charge in [0.1, 0.15) is 0 Å². The van der Waals surface area contributed by atoms with Crippen molar-refractivity contribution < 1.29 is 0 Å². The van der Waals surface area contributed by atoms with Crippen LogP contribution in [-0.2, 0) is 0 Å². The van der Waals surface area contributed by atoms with E-state index >= 15 is 0 Å². The number of hydrogen-bond donors (Lipinski definition) is 1. The summed E-state index contributed by atoms with van der Waals surface area (Å²) in [4.78, 5) is 2.77. The number of hydrogen-bond acceptors (Lipinski definition) is 2. The highest BCUT2D eigenvalue weighted by atomic mass is 15.1. The Morgan fingerprint density at radius 1 is 1.16 bits per heavy atom. The maximum Gasteiger partial charge on any atom is 0.00503 e. The lowest BCUT2D eigenvalue weighted by atomic mass is 9.73. The van der Waals surface area contributed by atoms with Crippen LogP contribution in [0.15, 0.2) is 0 Å². The smallest absolute Gasteiger partial charge is 0.00503 e. The van der Waals surface area contributed by atoms with Crippen molar-refractivity contribution in [3.05, 3.63) is 0 Å². The molecule has 112 valence electrons. The molecule has 0 radical (unpaired) electrons. The molecule has 0 spiro atoms. The lowest BCUT2D eigenvalue weighted by Gasteiger charge is -2.43. The molecule has 1 N–H and O–H groups in total. The molecular weight excluding hydrogens is 232 g/mol. The first-order valence-corrected chi connectivity index (χ1v) is 8.67. The van der Waals surface area contributed by atoms with Gasteiger partial charge in [-0.1, -0.05) is 33.1 Å². The van der Waals surface area contributed by atoms with Crippen molar-refractivity contribution in [1.29, 1.82) is 0 Å². The Morgan fingerprint density at radius 2 is 1.95 bits per heavy atom. The van der Waals surface area contributed by atoms with Crippen LogP contribution in [-0.4, -0.2) is 37.6 Å². The van der Waals surface area contributed by atoms with Crippen molar-refractivity contribution in [2.75, 3.05) is 32.7 Å². The molecule has 19 heavy (non-hydrogen) atoms. The van der Waals surface area contributed by atoms with Gasteiger partial charge in [0.15, 0.2) is 0 Å². The minimum Gasteiger partial charge on any atom is -0.316 e. The fourth-order valence-corrected chi connectivity index (χ4v) is 4.13. The van der Waals surface area contributed by atoms with Gasteiger partial charge in [-0.3, -0.25) is 0 Å². The van der Waals surface area contributed by atoms with Crippen LogP contribution in [0.25, 0.3) is 0 Å². The topological polar surface area (TPSA) is 15.3 Å². The predicted octanol–water partition coefficient (Wildman–Crippen LogP) is 3.67. The number of nitrogens with zero attached hydrogens (tertiary/aromatic N) is 1. The van der Waals surface area contributed by atoms with Crippen molar-refractivity contribution in [3.8, 4) is 0 Å². The minimum atomic E-state index is 0.588. The normalized spacial score (nSPS) is 28.4. The van der Waals surface area contributed by atoms with E-state index in [0.717, 1.165) is 5.92 Å². The molecule has 0 bridgehead atoms. The van der Waals surface area contributed by atoms with Gasteiger partial charge < -0.3 is 10.2 Å². The van der Waals surface area contributed by atoms with E-state index in [0.29, 0.717) is 5.41 Å². The summed E-state index contributed by atoms with van der Waals surface area (Å²) in [6.07, 6.45) is 11.4. The molecule has 1 saturated heterocycles. The van der Waals surface area contributed by atoms with Crippen LogP contribution in [0.1, 0.15) is 65.2 Å². The van der Waals surface area contributed by atoms with E-state index in [2.05, 4.69) is 24.1 Å². The highest BCUT2D eigenvalue weighted by Gasteiger charge is 2.34. The van der Waals surface area contributed by atoms with Gasteiger partial charge in [-0.25, -0.2) is 0 Å². The highest BCUT2D eigenvalue weighted by Crippen LogP contribution is 2.37. The second-order valence-corrected chi connectivity index (χ2v) is 7.22. The molecule has 2 heteroatoms. The molecule has 2 nitrogen and oxygen atoms in total. The summed E-state index contributed by atoms with van der Waals surface area (Å²) < 4.78 is 0. The quantitative estimate of drug-likeness (QED) is 0.738. The van der Waals surface area contributed by atoms with Crippen LogP contribution < -0.4 is 5.32 Å². The molecule has 2 fully saturated rings. The lowest BCUT2D eigenvalue weighted by molar-refractivity contribution is 0.0759. The van der Waals surface area contributed by atoms with E-state index < -0.39 is 0 Å². The minimum absolute atomic E-state index is 0.588. The number of piperidine rings is 1. The first-order chi connectivity index (χ1) is 9.24. The van der Waals surface area contributed by atoms with Crippen LogP contribution in [0.4, 0.5) is 0 Å². The SMILES string of the molecule is CCCNCC1(CN2CCCC(C)C2)CCCCC1. The Balaban J connectivity index is 1.88. The summed E-state index contributed by atoms with van der Waals surface area (Å²) >= 11 is 0. The molecule has 1 unspecified atom stereocenters. The van der Waals surface area contributed by atoms with Gasteiger partial charge in [0.2, 0.25) is 0 Å². The fourth-order valence-electron chi connectivity index (χ4n) is 4.13. The summed E-state index contributed by atoms with van der Waals surface area (Å²) in [6.45, 7) is 11.2. The Labute approximate surface area is 120 Å². The Bertz CT molecular complexity index is 246. The molecule has 2 aliphatic rings. The Morgan fingerprint density at radius 3 is 2.63 bits per heavy atom. The zero-order chi connectivity index (χ0) is 13.6. The van der Waals surface area contributed by atoms with Crippen LogP contribution in [0.5, 0.6) is 0 Å². The van der Waals surface area contributed by atoms with Crippen LogP contribution in [0.3, 0.4) is 0 Å². The van der Waals surface area contributed by atoms with Crippen molar-refractivity contribution in [1.82, 2.24) is 10.2 Å². The summed E-state index contributed by atoms with van der Waals surface area (Å²) in [5.41, 5.74) is 0.588. The second-order valence-electron chi connectivity index (χ2n) is 7.22. The predicted molar refractivity (Wildman–Crippen MR) is 83.5 cm³/mol. The van der Waals surface area contributed by atoms with Crippen LogP contribution in [0.2, 0.25) is 0 Å². The van der Waals surface area contributed by atoms with Gasteiger partial charge in [-0.2, -0.15) is 0 Å². The van der Waals surface area contributed by atoms with E-state index in [1.165, 1.54) is 84.1 Å². The lowest BCUT2D eigenvalue weighted by Crippen LogP contribution is -2.48. The zero-order valence-corrected chi connectivity index (χ0v) is 13.2. The Hall–Kier alpha value is -0.0800. The van der Waals surface area contributed by atoms with Crippen molar-refractivity contribution in [2.24, 2.45) is 11.3 Å². The molecule has 0 aromatic carbocycles. The summed E-state index contributed by atoms with van der Waals surface area (Å²) in [5.74, 6) is 0.915. The van der Waals surface area contributed by atoms with Gasteiger partial charge in [0.05, 0.1) is 0 Å². The molecule has 0 amide bonds. The molecular formula is C17H34N2. The maximum absolute atomic E-state index is 3.72. The van der Waals surface area contributed by atoms with Gasteiger partial charge in [0, 0.05) is 19.6 Å². The van der Waals surface area contributed by atoms with Gasteiger partial charge in [0.25, 0.3) is 0 Å². The zero-order valence-electron chi connectivity index (χ0n) is 13.2. The van der Waals surface area contributed by atoms with E-state index in [4.69, 9.17) is 0 Å². The standard InChI is InChI=1S/C17H34N2/c1-3-11-18-14-17(9-5-4-6-10-17)15-19-12-7-8-16(2)13-19/h16,18H,3-15H2,1-2H3. The molecule has 0 aromatic rings. The van der Waals surface area contributed by atoms with Crippen LogP contribution >= 0.6 is 0 Å². The van der Waals surface area contributed by atoms with Crippen LogP contribution in [0, 0.1) is 11.3 Å². The number of likely N-dealkylation sites (tertiary alicyclic amines) is 1. The van der Waals surface area contributed by atoms with Crippen molar-refractivity contribution in [2.45, 2.75) is 65.2 Å². The molecule has 2 rings (SSSR count). The van der Waals surface area contributed by atoms with Gasteiger partial charge in [-0.05, 0) is 56.5 Å². The first kappa shape index (κ1) is 15.3. The Kier molecular flexibility index (Phi) is 6.15. The molecule has 1 aliphatic heterocycles. The summed E-state index contributed by atoms with van der Waals surface area (Å²) in [7, 11) is 0.